The first-order valence-corrected chi connectivity index (χ1v) is 13.7. The van der Waals surface area contributed by atoms with Gasteiger partial charge < -0.3 is 14.6 Å². The molecule has 0 saturated carbocycles. The normalized spacial score (nSPS) is 21.1. The van der Waals surface area contributed by atoms with Crippen LogP contribution in [0.15, 0.2) is 20.9 Å². The van der Waals surface area contributed by atoms with E-state index in [0.717, 1.165) is 23.8 Å². The van der Waals surface area contributed by atoms with Gasteiger partial charge in [0.15, 0.2) is 0 Å². The topological polar surface area (TPSA) is 159 Å². The van der Waals surface area contributed by atoms with Crippen molar-refractivity contribution in [2.75, 3.05) is 6.61 Å². The monoisotopic (exact) mass is 521 g/mol. The summed E-state index contributed by atoms with van der Waals surface area (Å²) in [6.07, 6.45) is 15.0. The van der Waals surface area contributed by atoms with Gasteiger partial charge in [0, 0.05) is 29.5 Å². The van der Waals surface area contributed by atoms with Crippen molar-refractivity contribution in [1.82, 2.24) is 9.55 Å². The second-order valence-electron chi connectivity index (χ2n) is 9.98. The molecular formula is C26H43N5O6. The zero-order chi connectivity index (χ0) is 27.1. The molecule has 11 heteroatoms. The summed E-state index contributed by atoms with van der Waals surface area (Å²) in [6.45, 7) is 3.49. The summed E-state index contributed by atoms with van der Waals surface area (Å²) in [5.41, 5.74) is 7.83. The Bertz CT molecular complexity index is 1000. The summed E-state index contributed by atoms with van der Waals surface area (Å²) in [7, 11) is 0. The van der Waals surface area contributed by atoms with E-state index in [0.29, 0.717) is 0 Å². The molecule has 0 amide bonds. The van der Waals surface area contributed by atoms with Crippen LogP contribution in [-0.4, -0.2) is 39.4 Å². The fraction of sp³-hybridized carbons (Fsp3) is 0.808. The second kappa shape index (κ2) is 16.3. The van der Waals surface area contributed by atoms with E-state index in [-0.39, 0.29) is 25.0 Å². The van der Waals surface area contributed by atoms with Gasteiger partial charge in [-0.3, -0.25) is 19.1 Å². The first-order chi connectivity index (χ1) is 17.8. The van der Waals surface area contributed by atoms with E-state index >= 15 is 0 Å². The summed E-state index contributed by atoms with van der Waals surface area (Å²) >= 11 is 0. The highest BCUT2D eigenvalue weighted by atomic mass is 16.6. The quantitative estimate of drug-likeness (QED) is 0.0915. The molecule has 1 aliphatic heterocycles. The maximum Gasteiger partial charge on any atom is 0.330 e. The Morgan fingerprint density at radius 2 is 1.70 bits per heavy atom. The van der Waals surface area contributed by atoms with Gasteiger partial charge in [-0.25, -0.2) is 4.79 Å². The summed E-state index contributed by atoms with van der Waals surface area (Å²) in [5, 5.41) is 14.1. The number of hydrogen-bond donors (Lipinski definition) is 2. The van der Waals surface area contributed by atoms with Crippen molar-refractivity contribution >= 4 is 5.97 Å². The number of aliphatic hydroxyl groups is 1. The molecule has 0 unspecified atom stereocenters. The fourth-order valence-electron chi connectivity index (χ4n) is 4.62. The van der Waals surface area contributed by atoms with Gasteiger partial charge in [-0.15, -0.1) is 0 Å². The minimum atomic E-state index is -1.87. The Kier molecular flexibility index (Phi) is 13.5. The molecule has 2 N–H and O–H groups in total. The van der Waals surface area contributed by atoms with Crippen molar-refractivity contribution in [3.8, 4) is 0 Å². The van der Waals surface area contributed by atoms with Crippen LogP contribution in [0.5, 0.6) is 0 Å². The number of azide groups is 1. The summed E-state index contributed by atoms with van der Waals surface area (Å²) in [4.78, 5) is 41.1. The third-order valence-corrected chi connectivity index (χ3v) is 6.83. The highest BCUT2D eigenvalue weighted by Crippen LogP contribution is 2.36. The lowest BCUT2D eigenvalue weighted by Gasteiger charge is -2.26. The zero-order valence-electron chi connectivity index (χ0n) is 22.3. The van der Waals surface area contributed by atoms with E-state index in [1.807, 2.05) is 0 Å². The molecule has 1 aromatic heterocycles. The number of nitrogens with zero attached hydrogens (tertiary/aromatic N) is 4. The Morgan fingerprint density at radius 3 is 2.27 bits per heavy atom. The third kappa shape index (κ3) is 9.98. The van der Waals surface area contributed by atoms with Gasteiger partial charge in [0.05, 0.1) is 6.10 Å². The molecule has 37 heavy (non-hydrogen) atoms. The van der Waals surface area contributed by atoms with Gasteiger partial charge in [0.2, 0.25) is 5.85 Å². The molecule has 2 heterocycles. The van der Waals surface area contributed by atoms with Crippen LogP contribution < -0.4 is 11.2 Å². The van der Waals surface area contributed by atoms with E-state index < -0.39 is 35.3 Å². The van der Waals surface area contributed by atoms with Crippen LogP contribution in [-0.2, 0) is 20.1 Å². The van der Waals surface area contributed by atoms with Crippen molar-refractivity contribution in [2.45, 2.75) is 128 Å². The van der Waals surface area contributed by atoms with Crippen LogP contribution in [0.4, 0.5) is 0 Å². The number of H-pyrrole nitrogens is 1. The number of esters is 1. The van der Waals surface area contributed by atoms with Crippen molar-refractivity contribution < 1.29 is 19.4 Å². The van der Waals surface area contributed by atoms with E-state index in [4.69, 9.17) is 15.0 Å². The van der Waals surface area contributed by atoms with Crippen LogP contribution in [0, 0.1) is 6.92 Å². The number of unbranched alkanes of at least 4 members (excludes halogenated alkanes) is 12. The second-order valence-corrected chi connectivity index (χ2v) is 9.98. The Hall–Kier alpha value is -2.62. The lowest BCUT2D eigenvalue weighted by atomic mass is 10.0. The highest BCUT2D eigenvalue weighted by Gasteiger charge is 2.48. The molecule has 2 rings (SSSR count). The molecule has 0 aliphatic carbocycles. The molecular weight excluding hydrogens is 478 g/mol. The zero-order valence-corrected chi connectivity index (χ0v) is 22.3. The maximum atomic E-state index is 12.3. The summed E-state index contributed by atoms with van der Waals surface area (Å²) < 4.78 is 12.0. The molecule has 11 nitrogen and oxygen atoms in total. The van der Waals surface area contributed by atoms with Crippen molar-refractivity contribution in [3.05, 3.63) is 43.0 Å². The Labute approximate surface area is 218 Å². The molecule has 3 atom stereocenters. The average molecular weight is 522 g/mol. The predicted octanol–water partition coefficient (Wildman–Crippen LogP) is 4.94. The van der Waals surface area contributed by atoms with E-state index in [1.54, 1.807) is 0 Å². The fourth-order valence-corrected chi connectivity index (χ4v) is 4.62. The van der Waals surface area contributed by atoms with Crippen molar-refractivity contribution in [3.63, 3.8) is 0 Å². The number of carbonyl (C=O) groups excluding carboxylic acids is 1. The molecule has 1 aromatic rings. The summed E-state index contributed by atoms with van der Waals surface area (Å²) in [6, 6.07) is 0. The highest BCUT2D eigenvalue weighted by molar-refractivity contribution is 5.69. The van der Waals surface area contributed by atoms with Gasteiger partial charge in [0.1, 0.15) is 12.7 Å². The maximum absolute atomic E-state index is 12.3. The summed E-state index contributed by atoms with van der Waals surface area (Å²) in [5.74, 6) is -2.26. The largest absolute Gasteiger partial charge is 0.463 e. The van der Waals surface area contributed by atoms with Crippen LogP contribution in [0.2, 0.25) is 0 Å². The van der Waals surface area contributed by atoms with Crippen LogP contribution in [0.3, 0.4) is 0 Å². The Balaban J connectivity index is 1.66. The molecule has 1 fully saturated rings. The van der Waals surface area contributed by atoms with Gasteiger partial charge in [0.25, 0.3) is 5.56 Å². The molecule has 0 spiro atoms. The number of nitrogens with one attached hydrogen (secondary N) is 1. The molecule has 0 radical (unpaired) electrons. The van der Waals surface area contributed by atoms with Crippen LogP contribution in [0.25, 0.3) is 10.4 Å². The number of ether oxygens (including phenoxy) is 2. The van der Waals surface area contributed by atoms with Crippen LogP contribution >= 0.6 is 0 Å². The molecule has 1 aliphatic rings. The average Bonchev–Trinajstić information content (AvgIpc) is 3.18. The molecule has 1 saturated heterocycles. The molecule has 0 aromatic carbocycles. The lowest BCUT2D eigenvalue weighted by molar-refractivity contribution is -0.157. The number of hydrogen-bond acceptors (Lipinski definition) is 7. The minimum Gasteiger partial charge on any atom is -0.463 e. The van der Waals surface area contributed by atoms with Crippen molar-refractivity contribution in [1.29, 1.82) is 0 Å². The van der Waals surface area contributed by atoms with E-state index in [1.165, 1.54) is 77.3 Å². The van der Waals surface area contributed by atoms with Gasteiger partial charge in [-0.2, -0.15) is 0 Å². The Morgan fingerprint density at radius 1 is 1.14 bits per heavy atom. The number of aromatic nitrogens is 2. The number of aromatic amines is 1. The third-order valence-electron chi connectivity index (χ3n) is 6.83. The van der Waals surface area contributed by atoms with E-state index in [9.17, 15) is 19.5 Å². The number of carbonyl (C=O) groups is 1. The van der Waals surface area contributed by atoms with Crippen LogP contribution in [0.1, 0.15) is 109 Å². The standard InChI is InChI=1S/C26H43N5O6/c1-3-4-5-6-7-8-9-10-11-12-13-14-15-16-23(33)36-19-22-21(32)17-26(37-22,29-30-27)31-18-20(2)24(34)28-25(31)35/h18,21-22,32H,3-17,19H2,1-2H3,(H,28,34,35)/t21-,22+,26-/m0/s1. The number of aryl methyl sites for hydroxylation is 1. The van der Waals surface area contributed by atoms with Crippen molar-refractivity contribution in [2.24, 2.45) is 5.11 Å². The van der Waals surface area contributed by atoms with Gasteiger partial charge in [-0.05, 0) is 24.0 Å². The van der Waals surface area contributed by atoms with E-state index in [2.05, 4.69) is 21.9 Å². The molecule has 0 bridgehead atoms. The number of rotatable bonds is 18. The van der Waals surface area contributed by atoms with Gasteiger partial charge >= 0.3 is 11.7 Å². The van der Waals surface area contributed by atoms with Gasteiger partial charge in [-0.1, -0.05) is 84.0 Å². The predicted molar refractivity (Wildman–Crippen MR) is 140 cm³/mol. The first-order valence-electron chi connectivity index (χ1n) is 13.7. The molecule has 208 valence electrons. The first kappa shape index (κ1) is 30.6. The SMILES string of the molecule is CCCCCCCCCCCCCCCC(=O)OC[C@H]1O[C@@](N=[N+]=[N-])(n2cc(C)c(=O)[nH]c2=O)C[C@@H]1O. The minimum absolute atomic E-state index is 0.206. The number of aliphatic hydroxyl groups excluding tert-OH is 1. The lowest BCUT2D eigenvalue weighted by Crippen LogP contribution is -2.43. The smallest absolute Gasteiger partial charge is 0.330 e.